The number of benzene rings is 2. The molecule has 0 saturated heterocycles. The third kappa shape index (κ3) is 2.71. The first-order valence-corrected chi connectivity index (χ1v) is 7.81. The molecule has 0 unspecified atom stereocenters. The molecule has 2 N–H and O–H groups in total. The summed E-state index contributed by atoms with van der Waals surface area (Å²) in [5.41, 5.74) is 6.89. The van der Waals surface area contributed by atoms with Crippen molar-refractivity contribution in [2.45, 2.75) is 0 Å². The Morgan fingerprint density at radius 1 is 0.650 bits per heavy atom. The third-order valence-electron chi connectivity index (χ3n) is 3.01. The molecule has 0 saturated carbocycles. The molecule has 1 aromatic heterocycles. The Morgan fingerprint density at radius 2 is 1.20 bits per heavy atom. The molecule has 1 heterocycles. The van der Waals surface area contributed by atoms with Gasteiger partial charge in [-0.2, -0.15) is 0 Å². The van der Waals surface area contributed by atoms with Crippen molar-refractivity contribution in [2.75, 3.05) is 5.73 Å². The van der Waals surface area contributed by atoms with E-state index in [1.165, 1.54) is 10.6 Å². The maximum Gasteiger partial charge on any atom is 0.124 e. The van der Waals surface area contributed by atoms with Gasteiger partial charge in [0.25, 0.3) is 0 Å². The van der Waals surface area contributed by atoms with Gasteiger partial charge in [0.1, 0.15) is 5.82 Å². The Balaban J connectivity index is 2.14. The summed E-state index contributed by atoms with van der Waals surface area (Å²) in [5.74, 6) is 0.571. The van der Waals surface area contributed by atoms with Gasteiger partial charge in [-0.3, -0.25) is 0 Å². The number of pyridine rings is 1. The summed E-state index contributed by atoms with van der Waals surface area (Å²) in [6, 6.07) is 26.8. The van der Waals surface area contributed by atoms with Gasteiger partial charge in [0, 0.05) is 7.92 Å². The second kappa shape index (κ2) is 5.85. The highest BCUT2D eigenvalue weighted by Crippen LogP contribution is 2.31. The molecule has 0 radical (unpaired) electrons. The van der Waals surface area contributed by atoms with Gasteiger partial charge in [-0.05, 0) is 22.7 Å². The number of hydrogen-bond acceptors (Lipinski definition) is 2. The van der Waals surface area contributed by atoms with Crippen LogP contribution in [0.2, 0.25) is 0 Å². The first-order valence-electron chi connectivity index (χ1n) is 6.47. The predicted molar refractivity (Wildman–Crippen MR) is 87.4 cm³/mol. The Morgan fingerprint density at radius 3 is 1.70 bits per heavy atom. The molecule has 0 spiro atoms. The lowest BCUT2D eigenvalue weighted by atomic mass is 10.4. The van der Waals surface area contributed by atoms with Gasteiger partial charge in [-0.15, -0.1) is 0 Å². The fourth-order valence-electron chi connectivity index (χ4n) is 2.13. The Kier molecular flexibility index (Phi) is 3.76. The van der Waals surface area contributed by atoms with Gasteiger partial charge in [0.15, 0.2) is 0 Å². The summed E-state index contributed by atoms with van der Waals surface area (Å²) in [4.78, 5) is 4.53. The van der Waals surface area contributed by atoms with E-state index < -0.39 is 7.92 Å². The summed E-state index contributed by atoms with van der Waals surface area (Å²) < 4.78 is 0. The van der Waals surface area contributed by atoms with Crippen molar-refractivity contribution in [3.8, 4) is 0 Å². The van der Waals surface area contributed by atoms with E-state index in [4.69, 9.17) is 5.73 Å². The highest BCUT2D eigenvalue weighted by molar-refractivity contribution is 7.79. The fraction of sp³-hybridized carbons (Fsp3) is 0. The van der Waals surface area contributed by atoms with E-state index in [0.717, 1.165) is 5.44 Å². The topological polar surface area (TPSA) is 38.9 Å². The van der Waals surface area contributed by atoms with Crippen LogP contribution in [0.4, 0.5) is 5.82 Å². The van der Waals surface area contributed by atoms with Crippen molar-refractivity contribution in [1.29, 1.82) is 0 Å². The van der Waals surface area contributed by atoms with E-state index in [9.17, 15) is 0 Å². The number of rotatable bonds is 3. The first kappa shape index (κ1) is 12.8. The van der Waals surface area contributed by atoms with Crippen LogP contribution in [0, 0.1) is 0 Å². The molecule has 0 fully saturated rings. The molecule has 0 atom stereocenters. The molecule has 0 bridgehead atoms. The molecular weight excluding hydrogens is 263 g/mol. The molecule has 0 aliphatic rings. The number of nitrogen functional groups attached to an aromatic ring is 1. The van der Waals surface area contributed by atoms with Crippen LogP contribution in [-0.2, 0) is 0 Å². The van der Waals surface area contributed by atoms with Crippen molar-refractivity contribution in [2.24, 2.45) is 0 Å². The summed E-state index contributed by atoms with van der Waals surface area (Å²) >= 11 is 0. The lowest BCUT2D eigenvalue weighted by molar-refractivity contribution is 1.39. The van der Waals surface area contributed by atoms with Crippen molar-refractivity contribution in [3.05, 3.63) is 78.9 Å². The largest absolute Gasteiger partial charge is 0.384 e. The van der Waals surface area contributed by atoms with Crippen LogP contribution in [0.25, 0.3) is 0 Å². The van der Waals surface area contributed by atoms with E-state index in [2.05, 4.69) is 59.6 Å². The standard InChI is InChI=1S/C17H15N2P/c18-16-12-7-13-17(19-16)20(14-8-3-1-4-9-14)15-10-5-2-6-11-15/h1-13H,(H2,18,19). The molecular formula is C17H15N2P. The zero-order valence-corrected chi connectivity index (χ0v) is 11.9. The second-order valence-electron chi connectivity index (χ2n) is 4.43. The van der Waals surface area contributed by atoms with Crippen LogP contribution in [0.1, 0.15) is 0 Å². The number of aromatic nitrogens is 1. The molecule has 0 aliphatic heterocycles. The van der Waals surface area contributed by atoms with Crippen molar-refractivity contribution < 1.29 is 0 Å². The lowest BCUT2D eigenvalue weighted by Crippen LogP contribution is -2.23. The van der Waals surface area contributed by atoms with Gasteiger partial charge in [0.2, 0.25) is 0 Å². The van der Waals surface area contributed by atoms with Gasteiger partial charge in [-0.1, -0.05) is 66.7 Å². The van der Waals surface area contributed by atoms with Crippen LogP contribution in [0.5, 0.6) is 0 Å². The van der Waals surface area contributed by atoms with E-state index in [1.54, 1.807) is 0 Å². The summed E-state index contributed by atoms with van der Waals surface area (Å²) in [7, 11) is -0.653. The van der Waals surface area contributed by atoms with E-state index in [-0.39, 0.29) is 0 Å². The zero-order valence-electron chi connectivity index (χ0n) is 11.0. The molecule has 20 heavy (non-hydrogen) atoms. The SMILES string of the molecule is Nc1cccc(P(c2ccccc2)c2ccccc2)n1. The molecule has 3 heteroatoms. The quantitative estimate of drug-likeness (QED) is 0.747. The van der Waals surface area contributed by atoms with Gasteiger partial charge in [0.05, 0.1) is 5.44 Å². The van der Waals surface area contributed by atoms with Gasteiger partial charge < -0.3 is 5.73 Å². The van der Waals surface area contributed by atoms with Gasteiger partial charge >= 0.3 is 0 Å². The normalized spacial score (nSPS) is 10.7. The summed E-state index contributed by atoms with van der Waals surface area (Å²) in [5, 5.41) is 2.57. The number of anilines is 1. The van der Waals surface area contributed by atoms with E-state index >= 15 is 0 Å². The number of nitrogens with two attached hydrogens (primary N) is 1. The maximum atomic E-state index is 5.85. The maximum absolute atomic E-state index is 5.85. The van der Waals surface area contributed by atoms with Gasteiger partial charge in [-0.25, -0.2) is 4.98 Å². The molecule has 3 aromatic rings. The lowest BCUT2D eigenvalue weighted by Gasteiger charge is -2.18. The van der Waals surface area contributed by atoms with Crippen LogP contribution >= 0.6 is 7.92 Å². The monoisotopic (exact) mass is 278 g/mol. The van der Waals surface area contributed by atoms with Crippen LogP contribution in [-0.4, -0.2) is 4.98 Å². The molecule has 3 rings (SSSR count). The molecule has 0 aliphatic carbocycles. The molecule has 98 valence electrons. The zero-order chi connectivity index (χ0) is 13.8. The fourth-order valence-corrected chi connectivity index (χ4v) is 4.35. The Hall–Kier alpha value is -2.18. The third-order valence-corrected chi connectivity index (χ3v) is 5.35. The highest BCUT2D eigenvalue weighted by Gasteiger charge is 2.17. The van der Waals surface area contributed by atoms with Crippen LogP contribution < -0.4 is 21.8 Å². The molecule has 0 amide bonds. The minimum atomic E-state index is -0.653. The summed E-state index contributed by atoms with van der Waals surface area (Å²) in [6.07, 6.45) is 0. The highest BCUT2D eigenvalue weighted by atomic mass is 31.1. The smallest absolute Gasteiger partial charge is 0.124 e. The number of hydrogen-bond donors (Lipinski definition) is 1. The van der Waals surface area contributed by atoms with Crippen molar-refractivity contribution >= 4 is 29.8 Å². The van der Waals surface area contributed by atoms with Crippen molar-refractivity contribution in [1.82, 2.24) is 4.98 Å². The Labute approximate surface area is 120 Å². The second-order valence-corrected chi connectivity index (χ2v) is 6.59. The minimum absolute atomic E-state index is 0.571. The van der Waals surface area contributed by atoms with Crippen LogP contribution in [0.3, 0.4) is 0 Å². The van der Waals surface area contributed by atoms with Crippen molar-refractivity contribution in [3.63, 3.8) is 0 Å². The minimum Gasteiger partial charge on any atom is -0.384 e. The average Bonchev–Trinajstić information content (AvgIpc) is 2.50. The molecule has 2 nitrogen and oxygen atoms in total. The van der Waals surface area contributed by atoms with E-state index in [1.807, 2.05) is 24.3 Å². The first-order chi connectivity index (χ1) is 9.84. The predicted octanol–water partition coefficient (Wildman–Crippen LogP) is 2.42. The summed E-state index contributed by atoms with van der Waals surface area (Å²) in [6.45, 7) is 0. The Bertz CT molecular complexity index is 644. The van der Waals surface area contributed by atoms with Crippen LogP contribution in [0.15, 0.2) is 78.9 Å². The average molecular weight is 278 g/mol. The molecule has 2 aromatic carbocycles. The number of nitrogens with zero attached hydrogens (tertiary/aromatic N) is 1. The van der Waals surface area contributed by atoms with E-state index in [0.29, 0.717) is 5.82 Å².